The lowest BCUT2D eigenvalue weighted by Crippen LogP contribution is -2.34. The van der Waals surface area contributed by atoms with Gasteiger partial charge in [0.2, 0.25) is 0 Å². The number of ether oxygens (including phenoxy) is 1. The Morgan fingerprint density at radius 3 is 2.47 bits per heavy atom. The number of likely N-dealkylation sites (N-methyl/N-ethyl adjacent to an activating group) is 1. The van der Waals surface area contributed by atoms with Gasteiger partial charge >= 0.3 is 6.18 Å². The SMILES string of the molecule is CCCC(COc1ccccc1C(F)(F)F)NCC. The molecule has 0 aliphatic rings. The Morgan fingerprint density at radius 1 is 1.21 bits per heavy atom. The van der Waals surface area contributed by atoms with Crippen molar-refractivity contribution in [1.82, 2.24) is 5.32 Å². The maximum atomic E-state index is 12.8. The normalized spacial score (nSPS) is 13.3. The van der Waals surface area contributed by atoms with Crippen molar-refractivity contribution in [3.63, 3.8) is 0 Å². The molecule has 0 bridgehead atoms. The van der Waals surface area contributed by atoms with Crippen molar-refractivity contribution in [2.24, 2.45) is 0 Å². The zero-order valence-corrected chi connectivity index (χ0v) is 11.3. The molecule has 0 fully saturated rings. The molecular formula is C14H20F3NO. The van der Waals surface area contributed by atoms with Crippen molar-refractivity contribution >= 4 is 0 Å². The molecule has 1 aromatic rings. The number of alkyl halides is 3. The van der Waals surface area contributed by atoms with Gasteiger partial charge < -0.3 is 10.1 Å². The maximum absolute atomic E-state index is 12.8. The summed E-state index contributed by atoms with van der Waals surface area (Å²) in [6.07, 6.45) is -2.54. The molecule has 0 aliphatic carbocycles. The minimum absolute atomic E-state index is 0.0799. The van der Waals surface area contributed by atoms with Crippen molar-refractivity contribution in [3.05, 3.63) is 29.8 Å². The maximum Gasteiger partial charge on any atom is 0.419 e. The van der Waals surface area contributed by atoms with Crippen LogP contribution in [0.5, 0.6) is 5.75 Å². The number of rotatable bonds is 7. The van der Waals surface area contributed by atoms with Gasteiger partial charge in [-0.2, -0.15) is 13.2 Å². The first kappa shape index (κ1) is 15.8. The second kappa shape index (κ2) is 7.38. The predicted molar refractivity (Wildman–Crippen MR) is 69.3 cm³/mol. The minimum Gasteiger partial charge on any atom is -0.491 e. The lowest BCUT2D eigenvalue weighted by Gasteiger charge is -2.19. The Balaban J connectivity index is 2.71. The first-order valence-electron chi connectivity index (χ1n) is 6.51. The topological polar surface area (TPSA) is 21.3 Å². The van der Waals surface area contributed by atoms with Gasteiger partial charge in [0.1, 0.15) is 12.4 Å². The largest absolute Gasteiger partial charge is 0.491 e. The van der Waals surface area contributed by atoms with Gasteiger partial charge in [-0.15, -0.1) is 0 Å². The van der Waals surface area contributed by atoms with Crippen LogP contribution in [0.25, 0.3) is 0 Å². The van der Waals surface area contributed by atoms with E-state index in [0.29, 0.717) is 0 Å². The molecule has 1 rings (SSSR count). The van der Waals surface area contributed by atoms with Gasteiger partial charge in [0.15, 0.2) is 0 Å². The summed E-state index contributed by atoms with van der Waals surface area (Å²) in [5.74, 6) is -0.103. The highest BCUT2D eigenvalue weighted by Crippen LogP contribution is 2.35. The number of hydrogen-bond donors (Lipinski definition) is 1. The molecular weight excluding hydrogens is 255 g/mol. The Morgan fingerprint density at radius 2 is 1.89 bits per heavy atom. The zero-order valence-electron chi connectivity index (χ0n) is 11.3. The fraction of sp³-hybridized carbons (Fsp3) is 0.571. The van der Waals surface area contributed by atoms with E-state index in [1.165, 1.54) is 12.1 Å². The van der Waals surface area contributed by atoms with E-state index in [2.05, 4.69) is 5.32 Å². The van der Waals surface area contributed by atoms with Crippen LogP contribution in [0, 0.1) is 0 Å². The third-order valence-corrected chi connectivity index (χ3v) is 2.76. The first-order valence-corrected chi connectivity index (χ1v) is 6.51. The molecule has 19 heavy (non-hydrogen) atoms. The molecule has 1 atom stereocenters. The van der Waals surface area contributed by atoms with Crippen molar-refractivity contribution in [2.45, 2.75) is 38.9 Å². The van der Waals surface area contributed by atoms with Crippen molar-refractivity contribution in [2.75, 3.05) is 13.2 Å². The van der Waals surface area contributed by atoms with Crippen molar-refractivity contribution in [1.29, 1.82) is 0 Å². The lowest BCUT2D eigenvalue weighted by molar-refractivity contribution is -0.139. The fourth-order valence-corrected chi connectivity index (χ4v) is 1.90. The first-order chi connectivity index (χ1) is 8.99. The number of para-hydroxylation sites is 1. The summed E-state index contributed by atoms with van der Waals surface area (Å²) in [5, 5.41) is 3.21. The van der Waals surface area contributed by atoms with Gasteiger partial charge in [-0.25, -0.2) is 0 Å². The smallest absolute Gasteiger partial charge is 0.419 e. The Hall–Kier alpha value is -1.23. The van der Waals surface area contributed by atoms with Crippen LogP contribution < -0.4 is 10.1 Å². The number of nitrogens with one attached hydrogen (secondary N) is 1. The van der Waals surface area contributed by atoms with E-state index < -0.39 is 11.7 Å². The van der Waals surface area contributed by atoms with Gasteiger partial charge in [0.25, 0.3) is 0 Å². The molecule has 1 N–H and O–H groups in total. The molecule has 1 aromatic carbocycles. The molecule has 5 heteroatoms. The molecule has 0 heterocycles. The molecule has 1 unspecified atom stereocenters. The highest BCUT2D eigenvalue weighted by atomic mass is 19.4. The van der Waals surface area contributed by atoms with Crippen molar-refractivity contribution < 1.29 is 17.9 Å². The summed E-state index contributed by atoms with van der Waals surface area (Å²) in [5.41, 5.74) is -0.721. The summed E-state index contributed by atoms with van der Waals surface area (Å²) in [4.78, 5) is 0. The molecule has 0 saturated heterocycles. The average molecular weight is 275 g/mol. The molecule has 0 radical (unpaired) electrons. The van der Waals surface area contributed by atoms with Gasteiger partial charge in [-0.05, 0) is 25.1 Å². The van der Waals surface area contributed by atoms with E-state index in [0.717, 1.165) is 25.5 Å². The Kier molecular flexibility index (Phi) is 6.15. The number of hydrogen-bond acceptors (Lipinski definition) is 2. The van der Waals surface area contributed by atoms with E-state index in [9.17, 15) is 13.2 Å². The monoisotopic (exact) mass is 275 g/mol. The van der Waals surface area contributed by atoms with Crippen LogP contribution in [0.3, 0.4) is 0 Å². The summed E-state index contributed by atoms with van der Waals surface area (Å²) >= 11 is 0. The quantitative estimate of drug-likeness (QED) is 0.815. The lowest BCUT2D eigenvalue weighted by atomic mass is 10.1. The van der Waals surface area contributed by atoms with Gasteiger partial charge in [0.05, 0.1) is 5.56 Å². The molecule has 0 spiro atoms. The van der Waals surface area contributed by atoms with Crippen LogP contribution in [0.4, 0.5) is 13.2 Å². The summed E-state index contributed by atoms with van der Waals surface area (Å²) in [6, 6.07) is 5.39. The predicted octanol–water partition coefficient (Wildman–Crippen LogP) is 3.86. The summed E-state index contributed by atoms with van der Waals surface area (Å²) < 4.78 is 43.7. The van der Waals surface area contributed by atoms with E-state index in [1.54, 1.807) is 6.07 Å². The highest BCUT2D eigenvalue weighted by molar-refractivity contribution is 5.35. The van der Waals surface area contributed by atoms with E-state index in [-0.39, 0.29) is 18.4 Å². The van der Waals surface area contributed by atoms with Crippen LogP contribution in [0.1, 0.15) is 32.3 Å². The molecule has 108 valence electrons. The minimum atomic E-state index is -4.38. The number of benzene rings is 1. The standard InChI is InChI=1S/C14H20F3NO/c1-3-7-11(18-4-2)10-19-13-9-6-5-8-12(13)14(15,16)17/h5-6,8-9,11,18H,3-4,7,10H2,1-2H3. The van der Waals surface area contributed by atoms with Crippen LogP contribution in [0.15, 0.2) is 24.3 Å². The van der Waals surface area contributed by atoms with Crippen molar-refractivity contribution in [3.8, 4) is 5.75 Å². The average Bonchev–Trinajstić information content (AvgIpc) is 2.36. The Bertz CT molecular complexity index is 373. The zero-order chi connectivity index (χ0) is 14.3. The van der Waals surface area contributed by atoms with Gasteiger partial charge in [-0.3, -0.25) is 0 Å². The fourth-order valence-electron chi connectivity index (χ4n) is 1.90. The molecule has 0 aliphatic heterocycles. The Labute approximate surface area is 112 Å². The molecule has 0 aromatic heterocycles. The highest BCUT2D eigenvalue weighted by Gasteiger charge is 2.34. The molecule has 2 nitrogen and oxygen atoms in total. The number of halogens is 3. The molecule has 0 amide bonds. The van der Waals surface area contributed by atoms with Crippen LogP contribution in [-0.4, -0.2) is 19.2 Å². The third kappa shape index (κ3) is 5.11. The van der Waals surface area contributed by atoms with E-state index in [1.807, 2.05) is 13.8 Å². The summed E-state index contributed by atoms with van der Waals surface area (Å²) in [6.45, 7) is 5.02. The van der Waals surface area contributed by atoms with Gasteiger partial charge in [-0.1, -0.05) is 32.4 Å². The molecule has 0 saturated carbocycles. The van der Waals surface area contributed by atoms with E-state index in [4.69, 9.17) is 4.74 Å². The van der Waals surface area contributed by atoms with Gasteiger partial charge in [0, 0.05) is 6.04 Å². The van der Waals surface area contributed by atoms with E-state index >= 15 is 0 Å². The second-order valence-corrected chi connectivity index (χ2v) is 4.35. The van der Waals surface area contributed by atoms with Crippen LogP contribution in [-0.2, 0) is 6.18 Å². The van der Waals surface area contributed by atoms with Crippen LogP contribution in [0.2, 0.25) is 0 Å². The summed E-state index contributed by atoms with van der Waals surface area (Å²) in [7, 11) is 0. The second-order valence-electron chi connectivity index (χ2n) is 4.35. The van der Waals surface area contributed by atoms with Crippen LogP contribution >= 0.6 is 0 Å². The third-order valence-electron chi connectivity index (χ3n) is 2.76.